The predicted octanol–water partition coefficient (Wildman–Crippen LogP) is 3.33. The molecule has 2 N–H and O–H groups in total. The molecule has 1 aliphatic carbocycles. The fourth-order valence-corrected chi connectivity index (χ4v) is 3.61. The summed E-state index contributed by atoms with van der Waals surface area (Å²) in [5.41, 5.74) is 1.09. The summed E-state index contributed by atoms with van der Waals surface area (Å²) in [6, 6.07) is 7.39. The van der Waals surface area contributed by atoms with Crippen LogP contribution in [0.3, 0.4) is 0 Å². The Hall–Kier alpha value is -1.05. The van der Waals surface area contributed by atoms with Crippen LogP contribution >= 0.6 is 24.0 Å². The van der Waals surface area contributed by atoms with Crippen LogP contribution in [0.2, 0.25) is 0 Å². The highest BCUT2D eigenvalue weighted by atomic mass is 127. The molecule has 6 heteroatoms. The molecular formula is C19H32IN5. The first-order valence-electron chi connectivity index (χ1n) is 9.38. The van der Waals surface area contributed by atoms with Gasteiger partial charge in [-0.3, -0.25) is 4.99 Å². The minimum atomic E-state index is 0. The first kappa shape index (κ1) is 20.3. The number of nitrogens with one attached hydrogen (secondary N) is 2. The molecular weight excluding hydrogens is 425 g/mol. The van der Waals surface area contributed by atoms with Gasteiger partial charge in [0.2, 0.25) is 0 Å². The minimum Gasteiger partial charge on any atom is -0.356 e. The van der Waals surface area contributed by atoms with Crippen molar-refractivity contribution in [3.8, 4) is 0 Å². The summed E-state index contributed by atoms with van der Waals surface area (Å²) >= 11 is 0. The van der Waals surface area contributed by atoms with Crippen LogP contribution in [0.5, 0.6) is 0 Å². The number of nitrogens with zero attached hydrogens (tertiary/aromatic N) is 3. The van der Waals surface area contributed by atoms with E-state index < -0.39 is 0 Å². The van der Waals surface area contributed by atoms with E-state index in [9.17, 15) is 0 Å². The monoisotopic (exact) mass is 457 g/mol. The third-order valence-electron chi connectivity index (χ3n) is 5.16. The molecule has 5 nitrogen and oxygen atoms in total. The zero-order valence-electron chi connectivity index (χ0n) is 15.7. The fourth-order valence-electron chi connectivity index (χ4n) is 3.61. The summed E-state index contributed by atoms with van der Waals surface area (Å²) in [5, 5.41) is 7.20. The number of aliphatic imine (C=N–C) groups is 1. The van der Waals surface area contributed by atoms with Crippen LogP contribution in [0.1, 0.15) is 44.7 Å². The Bertz CT molecular complexity index is 569. The van der Waals surface area contributed by atoms with Crippen molar-refractivity contribution in [2.24, 2.45) is 10.9 Å². The highest BCUT2D eigenvalue weighted by molar-refractivity contribution is 14.0. The summed E-state index contributed by atoms with van der Waals surface area (Å²) in [6.07, 6.45) is 6.15. The summed E-state index contributed by atoms with van der Waals surface area (Å²) < 4.78 is 0. The molecule has 2 atom stereocenters. The molecule has 1 aromatic rings. The van der Waals surface area contributed by atoms with Gasteiger partial charge in [0, 0.05) is 37.9 Å². The molecule has 2 aliphatic rings. The van der Waals surface area contributed by atoms with Crippen LogP contribution in [-0.4, -0.2) is 43.2 Å². The van der Waals surface area contributed by atoms with Crippen LogP contribution < -0.4 is 15.5 Å². The fraction of sp³-hybridized carbons (Fsp3) is 0.684. The maximum absolute atomic E-state index is 4.64. The van der Waals surface area contributed by atoms with E-state index in [0.717, 1.165) is 49.3 Å². The van der Waals surface area contributed by atoms with Crippen molar-refractivity contribution in [2.45, 2.75) is 58.0 Å². The predicted molar refractivity (Wildman–Crippen MR) is 116 cm³/mol. The first-order chi connectivity index (χ1) is 11.7. The van der Waals surface area contributed by atoms with Gasteiger partial charge in [-0.15, -0.1) is 24.0 Å². The van der Waals surface area contributed by atoms with E-state index in [1.807, 2.05) is 7.05 Å². The second-order valence-corrected chi connectivity index (χ2v) is 7.15. The molecule has 1 aliphatic heterocycles. The van der Waals surface area contributed by atoms with Gasteiger partial charge in [0.25, 0.3) is 0 Å². The molecule has 2 unspecified atom stereocenters. The van der Waals surface area contributed by atoms with Crippen molar-refractivity contribution in [1.82, 2.24) is 15.6 Å². The van der Waals surface area contributed by atoms with Gasteiger partial charge in [-0.05, 0) is 50.7 Å². The molecule has 0 amide bonds. The first-order valence-corrected chi connectivity index (χ1v) is 9.38. The van der Waals surface area contributed by atoms with E-state index in [2.05, 4.69) is 57.6 Å². The van der Waals surface area contributed by atoms with Crippen LogP contribution in [0.25, 0.3) is 0 Å². The number of anilines is 1. The van der Waals surface area contributed by atoms with E-state index >= 15 is 0 Å². The summed E-state index contributed by atoms with van der Waals surface area (Å²) in [4.78, 5) is 11.4. The van der Waals surface area contributed by atoms with Gasteiger partial charge in [-0.1, -0.05) is 19.4 Å². The maximum Gasteiger partial charge on any atom is 0.191 e. The van der Waals surface area contributed by atoms with E-state index in [1.165, 1.54) is 19.3 Å². The average Bonchev–Trinajstić information content (AvgIpc) is 3.33. The Kier molecular flexibility index (Phi) is 7.78. The van der Waals surface area contributed by atoms with Gasteiger partial charge >= 0.3 is 0 Å². The lowest BCUT2D eigenvalue weighted by molar-refractivity contribution is 0.458. The van der Waals surface area contributed by atoms with Crippen LogP contribution in [0, 0.1) is 12.8 Å². The number of piperidine rings is 1. The van der Waals surface area contributed by atoms with Crippen molar-refractivity contribution in [1.29, 1.82) is 0 Å². The summed E-state index contributed by atoms with van der Waals surface area (Å²) in [5.74, 6) is 2.94. The molecule has 25 heavy (non-hydrogen) atoms. The number of guanidine groups is 1. The van der Waals surface area contributed by atoms with Crippen molar-refractivity contribution in [3.63, 3.8) is 0 Å². The zero-order valence-corrected chi connectivity index (χ0v) is 18.0. The van der Waals surface area contributed by atoms with E-state index in [-0.39, 0.29) is 24.0 Å². The Morgan fingerprint density at radius 1 is 1.28 bits per heavy atom. The lowest BCUT2D eigenvalue weighted by atomic mass is 10.1. The Balaban J connectivity index is 0.00000225. The third kappa shape index (κ3) is 5.72. The lowest BCUT2D eigenvalue weighted by Gasteiger charge is -2.34. The van der Waals surface area contributed by atoms with E-state index in [1.54, 1.807) is 0 Å². The Morgan fingerprint density at radius 2 is 2.04 bits per heavy atom. The molecule has 1 aromatic heterocycles. The van der Waals surface area contributed by atoms with Crippen molar-refractivity contribution in [3.05, 3.63) is 23.9 Å². The number of pyridine rings is 1. The average molecular weight is 457 g/mol. The second kappa shape index (κ2) is 9.59. The van der Waals surface area contributed by atoms with Gasteiger partial charge in [-0.2, -0.15) is 0 Å². The summed E-state index contributed by atoms with van der Waals surface area (Å²) in [6.45, 7) is 6.41. The Labute approximate surface area is 169 Å². The number of aromatic nitrogens is 1. The van der Waals surface area contributed by atoms with Crippen molar-refractivity contribution in [2.75, 3.05) is 25.0 Å². The van der Waals surface area contributed by atoms with Gasteiger partial charge in [0.15, 0.2) is 5.96 Å². The number of aryl methyl sites for hydroxylation is 1. The van der Waals surface area contributed by atoms with Crippen molar-refractivity contribution >= 4 is 35.8 Å². The summed E-state index contributed by atoms with van der Waals surface area (Å²) in [7, 11) is 1.87. The van der Waals surface area contributed by atoms with Gasteiger partial charge < -0.3 is 15.5 Å². The second-order valence-electron chi connectivity index (χ2n) is 7.15. The highest BCUT2D eigenvalue weighted by Crippen LogP contribution is 2.34. The number of hydrogen-bond donors (Lipinski definition) is 2. The minimum absolute atomic E-state index is 0. The zero-order chi connectivity index (χ0) is 16.9. The number of halogens is 1. The number of hydrogen-bond acceptors (Lipinski definition) is 3. The molecule has 0 bridgehead atoms. The topological polar surface area (TPSA) is 52.6 Å². The molecule has 2 heterocycles. The highest BCUT2D eigenvalue weighted by Gasteiger charge is 2.36. The van der Waals surface area contributed by atoms with Crippen LogP contribution in [-0.2, 0) is 0 Å². The van der Waals surface area contributed by atoms with Gasteiger partial charge in [0.1, 0.15) is 5.82 Å². The lowest BCUT2D eigenvalue weighted by Crippen LogP contribution is -2.49. The molecule has 3 rings (SSSR count). The van der Waals surface area contributed by atoms with E-state index in [4.69, 9.17) is 0 Å². The molecule has 0 spiro atoms. The largest absolute Gasteiger partial charge is 0.356 e. The smallest absolute Gasteiger partial charge is 0.191 e. The Morgan fingerprint density at radius 3 is 2.68 bits per heavy atom. The van der Waals surface area contributed by atoms with Crippen LogP contribution in [0.4, 0.5) is 5.82 Å². The SMILES string of the molecule is CCCC1CC1NC(=NC)NC1CCN(c2cccc(C)n2)CC1.I. The molecule has 0 aromatic carbocycles. The van der Waals surface area contributed by atoms with Crippen LogP contribution in [0.15, 0.2) is 23.2 Å². The molecule has 2 fully saturated rings. The molecule has 1 saturated heterocycles. The van der Waals surface area contributed by atoms with E-state index in [0.29, 0.717) is 12.1 Å². The third-order valence-corrected chi connectivity index (χ3v) is 5.16. The van der Waals surface area contributed by atoms with Gasteiger partial charge in [0.05, 0.1) is 0 Å². The van der Waals surface area contributed by atoms with Crippen molar-refractivity contribution < 1.29 is 0 Å². The quantitative estimate of drug-likeness (QED) is 0.405. The van der Waals surface area contributed by atoms with Gasteiger partial charge in [-0.25, -0.2) is 4.98 Å². The standard InChI is InChI=1S/C19H31N5.HI/c1-4-6-15-13-17(15)23-19(20-3)22-16-9-11-24(12-10-16)18-8-5-7-14(2)21-18;/h5,7-8,15-17H,4,6,9-13H2,1-3H3,(H2,20,22,23);1H. The maximum atomic E-state index is 4.64. The molecule has 0 radical (unpaired) electrons. The molecule has 140 valence electrons. The molecule has 1 saturated carbocycles. The number of rotatable bonds is 5. The normalized spacial score (nSPS) is 23.8.